The third-order valence-corrected chi connectivity index (χ3v) is 3.86. The summed E-state index contributed by atoms with van der Waals surface area (Å²) in [5, 5.41) is 13.2. The van der Waals surface area contributed by atoms with Crippen LogP contribution in [0.25, 0.3) is 11.2 Å². The fourth-order valence-corrected chi connectivity index (χ4v) is 2.63. The summed E-state index contributed by atoms with van der Waals surface area (Å²) in [6.07, 6.45) is 0.537. The molecule has 0 spiro atoms. The van der Waals surface area contributed by atoms with E-state index >= 15 is 0 Å². The first-order valence-corrected chi connectivity index (χ1v) is 7.05. The Kier molecular flexibility index (Phi) is 3.77. The topological polar surface area (TPSA) is 128 Å². The van der Waals surface area contributed by atoms with Crippen LogP contribution in [0.2, 0.25) is 0 Å². The SMILES string of the molecule is CCC(=O)[C@@H]1O[C@H](n2cnc3c(NC)ncnc32)C(O)[C@@H]1N. The molecule has 0 amide bonds. The van der Waals surface area contributed by atoms with E-state index in [1.54, 1.807) is 18.5 Å². The van der Waals surface area contributed by atoms with Crippen LogP contribution in [0.1, 0.15) is 19.6 Å². The van der Waals surface area contributed by atoms with E-state index in [0.717, 1.165) is 0 Å². The molecule has 1 unspecified atom stereocenters. The number of aliphatic hydroxyl groups excluding tert-OH is 1. The van der Waals surface area contributed by atoms with Crippen molar-refractivity contribution in [2.24, 2.45) is 5.73 Å². The van der Waals surface area contributed by atoms with Crippen molar-refractivity contribution in [2.75, 3.05) is 12.4 Å². The Morgan fingerprint density at radius 3 is 2.95 bits per heavy atom. The minimum atomic E-state index is -1.02. The standard InChI is InChI=1S/C13H18N6O3/c1-3-6(20)10-7(14)9(21)13(22-10)19-5-18-8-11(15-2)16-4-17-12(8)19/h4-5,7,9-10,13,21H,3,14H2,1-2H3,(H,15,16,17)/t7-,9?,10-,13-/m0/s1. The fourth-order valence-electron chi connectivity index (χ4n) is 2.63. The Morgan fingerprint density at radius 1 is 1.50 bits per heavy atom. The summed E-state index contributed by atoms with van der Waals surface area (Å²) < 4.78 is 7.26. The third kappa shape index (κ3) is 2.14. The number of nitrogens with two attached hydrogens (primary N) is 1. The lowest BCUT2D eigenvalue weighted by atomic mass is 10.0. The first-order valence-electron chi connectivity index (χ1n) is 7.05. The first-order chi connectivity index (χ1) is 10.6. The van der Waals surface area contributed by atoms with Crippen molar-refractivity contribution in [3.63, 3.8) is 0 Å². The molecule has 118 valence electrons. The molecule has 9 nitrogen and oxygen atoms in total. The highest BCUT2D eigenvalue weighted by molar-refractivity contribution is 5.84. The zero-order chi connectivity index (χ0) is 15.9. The number of rotatable bonds is 4. The number of ether oxygens (including phenoxy) is 1. The minimum absolute atomic E-state index is 0.135. The minimum Gasteiger partial charge on any atom is -0.387 e. The summed E-state index contributed by atoms with van der Waals surface area (Å²) in [5.74, 6) is 0.436. The number of carbonyl (C=O) groups excluding carboxylic acids is 1. The number of nitrogens with one attached hydrogen (secondary N) is 1. The van der Waals surface area contributed by atoms with Crippen molar-refractivity contribution in [2.45, 2.75) is 37.8 Å². The molecule has 0 aromatic carbocycles. The van der Waals surface area contributed by atoms with Crippen LogP contribution in [0.4, 0.5) is 5.82 Å². The molecular weight excluding hydrogens is 288 g/mol. The van der Waals surface area contributed by atoms with Gasteiger partial charge in [0.2, 0.25) is 0 Å². The number of aromatic nitrogens is 4. The quantitative estimate of drug-likeness (QED) is 0.685. The molecule has 1 aliphatic rings. The number of hydrogen-bond acceptors (Lipinski definition) is 8. The molecule has 1 saturated heterocycles. The summed E-state index contributed by atoms with van der Waals surface area (Å²) in [7, 11) is 1.73. The molecule has 4 atom stereocenters. The maximum Gasteiger partial charge on any atom is 0.167 e. The Hall–Kier alpha value is -2.10. The van der Waals surface area contributed by atoms with E-state index in [2.05, 4.69) is 20.3 Å². The molecule has 9 heteroatoms. The maximum atomic E-state index is 11.9. The molecule has 4 N–H and O–H groups in total. The molecule has 0 saturated carbocycles. The number of nitrogens with zero attached hydrogens (tertiary/aromatic N) is 4. The molecule has 1 fully saturated rings. The molecule has 22 heavy (non-hydrogen) atoms. The highest BCUT2D eigenvalue weighted by atomic mass is 16.5. The average Bonchev–Trinajstić information content (AvgIpc) is 3.09. The second kappa shape index (κ2) is 5.59. The number of carbonyl (C=O) groups is 1. The van der Waals surface area contributed by atoms with E-state index in [9.17, 15) is 9.90 Å². The van der Waals surface area contributed by atoms with E-state index in [0.29, 0.717) is 23.4 Å². The van der Waals surface area contributed by atoms with Crippen LogP contribution in [-0.4, -0.2) is 55.7 Å². The molecule has 0 bridgehead atoms. The lowest BCUT2D eigenvalue weighted by Crippen LogP contribution is -2.43. The van der Waals surface area contributed by atoms with Crippen LogP contribution >= 0.6 is 0 Å². The third-order valence-electron chi connectivity index (χ3n) is 3.86. The molecule has 3 rings (SSSR count). The fraction of sp³-hybridized carbons (Fsp3) is 0.538. The van der Waals surface area contributed by atoms with E-state index < -0.39 is 24.5 Å². The molecule has 2 aromatic rings. The van der Waals surface area contributed by atoms with Crippen LogP contribution in [0.3, 0.4) is 0 Å². The van der Waals surface area contributed by atoms with Gasteiger partial charge in [-0.3, -0.25) is 9.36 Å². The van der Waals surface area contributed by atoms with Gasteiger partial charge < -0.3 is 20.9 Å². The largest absolute Gasteiger partial charge is 0.387 e. The van der Waals surface area contributed by atoms with Crippen molar-refractivity contribution in [1.82, 2.24) is 19.5 Å². The van der Waals surface area contributed by atoms with E-state index in [1.165, 1.54) is 12.7 Å². The average molecular weight is 306 g/mol. The van der Waals surface area contributed by atoms with Gasteiger partial charge in [-0.2, -0.15) is 0 Å². The number of anilines is 1. The normalized spacial score (nSPS) is 28.2. The van der Waals surface area contributed by atoms with Gasteiger partial charge in [-0.25, -0.2) is 15.0 Å². The van der Waals surface area contributed by atoms with E-state index in [4.69, 9.17) is 10.5 Å². The van der Waals surface area contributed by atoms with Gasteiger partial charge in [-0.15, -0.1) is 0 Å². The van der Waals surface area contributed by atoms with Crippen LogP contribution in [0.5, 0.6) is 0 Å². The monoisotopic (exact) mass is 306 g/mol. The summed E-state index contributed by atoms with van der Waals surface area (Å²) in [6, 6.07) is -0.777. The lowest BCUT2D eigenvalue weighted by Gasteiger charge is -2.16. The van der Waals surface area contributed by atoms with Crippen LogP contribution in [-0.2, 0) is 9.53 Å². The highest BCUT2D eigenvalue weighted by Gasteiger charge is 2.45. The molecule has 1 aliphatic heterocycles. The van der Waals surface area contributed by atoms with Gasteiger partial charge in [0.25, 0.3) is 0 Å². The molecule has 2 aromatic heterocycles. The predicted molar refractivity (Wildman–Crippen MR) is 78.1 cm³/mol. The van der Waals surface area contributed by atoms with Gasteiger partial charge in [0, 0.05) is 13.5 Å². The first kappa shape index (κ1) is 14.8. The number of Topliss-reactive ketones (excluding diaryl/α,β-unsaturated/α-hetero) is 1. The lowest BCUT2D eigenvalue weighted by molar-refractivity contribution is -0.132. The number of fused-ring (bicyclic) bond motifs is 1. The molecular formula is C13H18N6O3. The Labute approximate surface area is 126 Å². The Morgan fingerprint density at radius 2 is 2.27 bits per heavy atom. The van der Waals surface area contributed by atoms with Crippen molar-refractivity contribution in [3.05, 3.63) is 12.7 Å². The zero-order valence-electron chi connectivity index (χ0n) is 12.3. The second-order valence-electron chi connectivity index (χ2n) is 5.13. The smallest absolute Gasteiger partial charge is 0.167 e. The van der Waals surface area contributed by atoms with Crippen LogP contribution in [0, 0.1) is 0 Å². The van der Waals surface area contributed by atoms with Crippen molar-refractivity contribution < 1.29 is 14.6 Å². The van der Waals surface area contributed by atoms with Gasteiger partial charge in [0.05, 0.1) is 12.4 Å². The van der Waals surface area contributed by atoms with Gasteiger partial charge >= 0.3 is 0 Å². The second-order valence-corrected chi connectivity index (χ2v) is 5.13. The van der Waals surface area contributed by atoms with Crippen molar-refractivity contribution in [3.8, 4) is 0 Å². The molecule has 3 heterocycles. The van der Waals surface area contributed by atoms with Crippen molar-refractivity contribution in [1.29, 1.82) is 0 Å². The Balaban J connectivity index is 2.00. The van der Waals surface area contributed by atoms with Crippen LogP contribution in [0.15, 0.2) is 12.7 Å². The van der Waals surface area contributed by atoms with Gasteiger partial charge in [-0.1, -0.05) is 6.92 Å². The predicted octanol–water partition coefficient (Wildman–Crippen LogP) is -0.567. The van der Waals surface area contributed by atoms with Crippen molar-refractivity contribution >= 4 is 22.8 Å². The summed E-state index contributed by atoms with van der Waals surface area (Å²) >= 11 is 0. The van der Waals surface area contributed by atoms with E-state index in [1.807, 2.05) is 0 Å². The van der Waals surface area contributed by atoms with Gasteiger partial charge in [-0.05, 0) is 0 Å². The van der Waals surface area contributed by atoms with E-state index in [-0.39, 0.29) is 5.78 Å². The number of ketones is 1. The molecule has 0 radical (unpaired) electrons. The van der Waals surface area contributed by atoms with Gasteiger partial charge in [0.15, 0.2) is 23.5 Å². The Bertz CT molecular complexity index is 702. The summed E-state index contributed by atoms with van der Waals surface area (Å²) in [5.41, 5.74) is 6.98. The van der Waals surface area contributed by atoms with Gasteiger partial charge in [0.1, 0.15) is 24.1 Å². The number of hydrogen-bond donors (Lipinski definition) is 3. The maximum absolute atomic E-state index is 11.9. The summed E-state index contributed by atoms with van der Waals surface area (Å²) in [6.45, 7) is 1.73. The van der Waals surface area contributed by atoms with Crippen LogP contribution < -0.4 is 11.1 Å². The molecule has 0 aliphatic carbocycles. The summed E-state index contributed by atoms with van der Waals surface area (Å²) in [4.78, 5) is 24.4. The number of imidazole rings is 1. The highest BCUT2D eigenvalue weighted by Crippen LogP contribution is 2.32. The zero-order valence-corrected chi connectivity index (χ0v) is 12.3. The number of aliphatic hydroxyl groups is 1.